The van der Waals surface area contributed by atoms with Gasteiger partial charge in [-0.15, -0.1) is 12.6 Å². The van der Waals surface area contributed by atoms with Gasteiger partial charge in [0.1, 0.15) is 29.9 Å². The summed E-state index contributed by atoms with van der Waals surface area (Å²) in [6, 6.07) is 6.51. The number of aliphatic hydroxyl groups is 2. The molecule has 6 unspecified atom stereocenters. The van der Waals surface area contributed by atoms with Crippen LogP contribution in [0.1, 0.15) is 62.6 Å². The number of benzene rings is 2. The van der Waals surface area contributed by atoms with Crippen molar-refractivity contribution in [2.45, 2.75) is 119 Å². The third kappa shape index (κ3) is 18.5. The molecule has 13 N–H and O–H groups in total. The maximum Gasteiger partial charge on any atom is 0.317 e. The van der Waals surface area contributed by atoms with Crippen LogP contribution in [0.5, 0.6) is 0 Å². The van der Waals surface area contributed by atoms with Gasteiger partial charge in [-0.3, -0.25) is 78.2 Å². The zero-order valence-electron chi connectivity index (χ0n) is 45.0. The number of cyclic esters (lactones) is 1. The Bertz CT molecular complexity index is 2620. The van der Waals surface area contributed by atoms with Gasteiger partial charge in [0.05, 0.1) is 56.9 Å². The lowest BCUT2D eigenvalue weighted by Gasteiger charge is -2.33. The summed E-state index contributed by atoms with van der Waals surface area (Å²) in [5, 5.41) is 78.6. The molecule has 5 amide bonds. The van der Waals surface area contributed by atoms with E-state index in [9.17, 15) is 78.6 Å². The number of anilines is 2. The number of carboxylic acid groups (broad SMARTS) is 4. The van der Waals surface area contributed by atoms with Gasteiger partial charge >= 0.3 is 29.8 Å². The number of carbonyl (C=O) groups excluding carboxylic acids is 6. The number of nitrogens with one attached hydrogen (secondary N) is 7. The summed E-state index contributed by atoms with van der Waals surface area (Å²) in [5.74, 6) is -8.82. The number of ether oxygens (including phenoxy) is 1. The Morgan fingerprint density at radius 1 is 0.790 bits per heavy atom. The quantitative estimate of drug-likeness (QED) is 0.0228. The molecule has 4 aliphatic rings. The van der Waals surface area contributed by atoms with E-state index >= 15 is 0 Å². The third-order valence-electron chi connectivity index (χ3n) is 14.6. The Morgan fingerprint density at radius 2 is 1.46 bits per heavy atom. The first-order chi connectivity index (χ1) is 38.5. The van der Waals surface area contributed by atoms with Crippen molar-refractivity contribution in [1.82, 2.24) is 46.6 Å². The van der Waals surface area contributed by atoms with Gasteiger partial charge < -0.3 is 62.0 Å². The molecular weight excluding hydrogens is 1080 g/mol. The molecule has 0 spiro atoms. The zero-order valence-corrected chi connectivity index (χ0v) is 45.8. The van der Waals surface area contributed by atoms with Crippen LogP contribution >= 0.6 is 12.6 Å². The maximum atomic E-state index is 14.3. The van der Waals surface area contributed by atoms with Gasteiger partial charge in [0.15, 0.2) is 0 Å². The first kappa shape index (κ1) is 63.2. The number of aliphatic carboxylic acids is 4. The summed E-state index contributed by atoms with van der Waals surface area (Å²) >= 11 is 4.52. The highest BCUT2D eigenvalue weighted by molar-refractivity contribution is 7.81. The highest BCUT2D eigenvalue weighted by Gasteiger charge is 2.46. The fourth-order valence-corrected chi connectivity index (χ4v) is 10.6. The average molecular weight is 1160 g/mol. The van der Waals surface area contributed by atoms with E-state index in [-0.39, 0.29) is 78.0 Å². The number of aliphatic hydroxyl groups excluding tert-OH is 2. The van der Waals surface area contributed by atoms with Crippen LogP contribution in [0.15, 0.2) is 42.5 Å². The minimum Gasteiger partial charge on any atom is -0.481 e. The van der Waals surface area contributed by atoms with E-state index in [0.717, 1.165) is 16.7 Å². The van der Waals surface area contributed by atoms with E-state index in [0.29, 0.717) is 30.6 Å². The fourth-order valence-electron chi connectivity index (χ4n) is 10.3. The maximum absolute atomic E-state index is 14.3. The van der Waals surface area contributed by atoms with Gasteiger partial charge in [-0.25, -0.2) is 0 Å². The van der Waals surface area contributed by atoms with Crippen molar-refractivity contribution < 1.29 is 83.3 Å². The van der Waals surface area contributed by atoms with Crippen molar-refractivity contribution in [2.24, 2.45) is 5.92 Å². The van der Waals surface area contributed by atoms with Crippen molar-refractivity contribution in [3.8, 4) is 0 Å². The second-order valence-electron chi connectivity index (χ2n) is 20.6. The topological polar surface area (TPSA) is 398 Å². The summed E-state index contributed by atoms with van der Waals surface area (Å²) in [6.07, 6.45) is -2.45. The molecule has 81 heavy (non-hydrogen) atoms. The molecule has 4 heterocycles. The molecule has 28 nitrogen and oxygen atoms in total. The number of hydrogen-bond acceptors (Lipinski definition) is 20. The Kier molecular flexibility index (Phi) is 23.1. The smallest absolute Gasteiger partial charge is 0.317 e. The van der Waals surface area contributed by atoms with E-state index in [4.69, 9.17) is 4.74 Å². The fraction of sp³-hybridized carbons (Fsp3) is 0.577. The largest absolute Gasteiger partial charge is 0.481 e. The van der Waals surface area contributed by atoms with Gasteiger partial charge in [0.2, 0.25) is 35.8 Å². The lowest BCUT2D eigenvalue weighted by Crippen LogP contribution is -2.60. The minimum atomic E-state index is -1.54. The van der Waals surface area contributed by atoms with Gasteiger partial charge in [-0.05, 0) is 60.4 Å². The molecule has 6 rings (SSSR count). The number of rotatable bonds is 28. The van der Waals surface area contributed by atoms with Crippen molar-refractivity contribution in [3.63, 3.8) is 0 Å². The normalized spacial score (nSPS) is 22.4. The van der Waals surface area contributed by atoms with E-state index in [1.807, 2.05) is 19.1 Å². The van der Waals surface area contributed by atoms with Crippen LogP contribution in [0.3, 0.4) is 0 Å². The second kappa shape index (κ2) is 29.6. The zero-order chi connectivity index (χ0) is 59.1. The predicted octanol–water partition coefficient (Wildman–Crippen LogP) is -3.09. The highest BCUT2D eigenvalue weighted by Crippen LogP contribution is 2.39. The van der Waals surface area contributed by atoms with Crippen molar-refractivity contribution in [2.75, 3.05) is 75.7 Å². The Hall–Kier alpha value is -6.99. The Balaban J connectivity index is 1.00. The van der Waals surface area contributed by atoms with Gasteiger partial charge in [-0.2, -0.15) is 0 Å². The molecule has 0 aliphatic carbocycles. The molecule has 444 valence electrons. The Morgan fingerprint density at radius 3 is 2.11 bits per heavy atom. The van der Waals surface area contributed by atoms with E-state index in [1.165, 1.54) is 4.90 Å². The Labute approximate surface area is 472 Å². The number of aryl methyl sites for hydroxylation is 1. The first-order valence-electron chi connectivity index (χ1n) is 26.7. The van der Waals surface area contributed by atoms with Crippen LogP contribution in [-0.4, -0.2) is 224 Å². The number of carbonyl (C=O) groups is 10. The highest BCUT2D eigenvalue weighted by atomic mass is 32.1. The molecule has 0 saturated carbocycles. The van der Waals surface area contributed by atoms with Gasteiger partial charge in [-0.1, -0.05) is 50.6 Å². The number of para-hydroxylation sites is 1. The van der Waals surface area contributed by atoms with Crippen molar-refractivity contribution in [1.29, 1.82) is 0 Å². The number of hydrogen-bond donors (Lipinski definition) is 14. The number of thiol groups is 1. The van der Waals surface area contributed by atoms with Crippen LogP contribution in [0.2, 0.25) is 0 Å². The van der Waals surface area contributed by atoms with Crippen molar-refractivity contribution >= 4 is 83.4 Å². The monoisotopic (exact) mass is 1160 g/mol. The molecule has 2 saturated heterocycles. The number of amides is 5. The standard InChI is InChI=1S/C52H73N11O17S/c1-3-28(2)45(49(77)56-35-12-9-30-5-4-6-31-20-37(63(46(30)31)50(35)78)48(76)57-36-21-44(74)80-51(36)79)59-39(65)23-53-38(64)22-54-47(75)34(13-14-40(66)67)58-52(81)55-32-10-7-29(8-11-32)19-33-24-61(26-42(70)71)16-15-60(25-41(68)69)17-18-62(33)27-43(72)73/h4-8,10-11,28,33-37,39,45,51-52,55,58-59,65,79,81H,3,9,12-27H2,1-2H3,(H,53,64)(H,54,75)(H,56,77)(H,57,76)(H,66,67)(H,68,69)(H,70,71)(H,72,73)/t28-,33?,34?,35-,36?,37-,39?,45-,51?,52?/m0/s1. The van der Waals surface area contributed by atoms with Crippen LogP contribution in [-0.2, 0) is 71.9 Å². The van der Waals surface area contributed by atoms with Crippen LogP contribution in [0, 0.1) is 5.92 Å². The molecule has 2 fully saturated rings. The summed E-state index contributed by atoms with van der Waals surface area (Å²) in [6.45, 7) is 2.75. The molecule has 2 aromatic carbocycles. The van der Waals surface area contributed by atoms with E-state index < -0.39 is 139 Å². The third-order valence-corrected chi connectivity index (χ3v) is 14.9. The molecule has 0 radical (unpaired) electrons. The van der Waals surface area contributed by atoms with Gasteiger partial charge in [0.25, 0.3) is 0 Å². The summed E-state index contributed by atoms with van der Waals surface area (Å²) in [7, 11) is 0. The van der Waals surface area contributed by atoms with E-state index in [1.54, 1.807) is 52.0 Å². The number of nitrogens with zero attached hydrogens (tertiary/aromatic N) is 4. The van der Waals surface area contributed by atoms with Crippen LogP contribution < -0.4 is 42.1 Å². The molecule has 10 atom stereocenters. The molecule has 2 aromatic rings. The number of carboxylic acids is 4. The first-order valence-corrected chi connectivity index (χ1v) is 27.3. The number of esters is 1. The molecule has 0 aromatic heterocycles. The molecule has 4 aliphatic heterocycles. The van der Waals surface area contributed by atoms with E-state index in [2.05, 4.69) is 49.8 Å². The van der Waals surface area contributed by atoms with Crippen molar-refractivity contribution in [3.05, 3.63) is 59.2 Å². The average Bonchev–Trinajstić information content (AvgIpc) is 4.15. The predicted molar refractivity (Wildman–Crippen MR) is 290 cm³/mol. The lowest BCUT2D eigenvalue weighted by molar-refractivity contribution is -0.155. The van der Waals surface area contributed by atoms with Crippen LogP contribution in [0.4, 0.5) is 11.4 Å². The van der Waals surface area contributed by atoms with Crippen LogP contribution in [0.25, 0.3) is 0 Å². The minimum absolute atomic E-state index is 0.150. The summed E-state index contributed by atoms with van der Waals surface area (Å²) in [4.78, 5) is 133. The SMILES string of the molecule is CC[C@H](C)[C@H](NC(O)CNC(=O)CNC(=O)C(CCC(=O)O)NC(S)Nc1ccc(CC2CN(CC(=O)O)CCN(CC(=O)O)CCN2CC(=O)O)cc1)C(=O)N[C@H]1CCc2cccc3c2N(C1=O)[C@H](C(=O)NC1CC(=O)OC1O)C3. The van der Waals surface area contributed by atoms with Gasteiger partial charge in [0, 0.05) is 57.3 Å². The summed E-state index contributed by atoms with van der Waals surface area (Å²) < 4.78 is 4.76. The molecular formula is C52H73N11O17S. The lowest BCUT2D eigenvalue weighted by atomic mass is 9.97. The summed E-state index contributed by atoms with van der Waals surface area (Å²) in [5.41, 5.74) is 2.42. The molecule has 0 bridgehead atoms. The second-order valence-corrected chi connectivity index (χ2v) is 21.2. The molecule has 29 heteroatoms.